The van der Waals surface area contributed by atoms with Crippen LogP contribution in [-0.4, -0.2) is 39.7 Å². The zero-order valence-electron chi connectivity index (χ0n) is 10.9. The van der Waals surface area contributed by atoms with Crippen LogP contribution in [0.5, 0.6) is 0 Å². The highest BCUT2D eigenvalue weighted by Gasteiger charge is 2.28. The van der Waals surface area contributed by atoms with E-state index in [-0.39, 0.29) is 10.5 Å². The van der Waals surface area contributed by atoms with Crippen molar-refractivity contribution < 1.29 is 32.1 Å². The van der Waals surface area contributed by atoms with Gasteiger partial charge in [0, 0.05) is 4.90 Å². The summed E-state index contributed by atoms with van der Waals surface area (Å²) in [6.07, 6.45) is -4.54. The van der Waals surface area contributed by atoms with Crippen LogP contribution in [0.3, 0.4) is 0 Å². The molecule has 0 aliphatic heterocycles. The molecule has 0 radical (unpaired) electrons. The summed E-state index contributed by atoms with van der Waals surface area (Å²) in [5, 5.41) is 10.5. The molecule has 21 heavy (non-hydrogen) atoms. The molecule has 1 unspecified atom stereocenters. The van der Waals surface area contributed by atoms with Crippen LogP contribution in [-0.2, 0) is 15.6 Å². The third-order valence-electron chi connectivity index (χ3n) is 2.45. The van der Waals surface area contributed by atoms with E-state index in [1.54, 1.807) is 12.2 Å². The lowest BCUT2D eigenvalue weighted by Crippen LogP contribution is -2.36. The Morgan fingerprint density at radius 1 is 1.33 bits per heavy atom. The number of amides is 1. The van der Waals surface area contributed by atoms with Crippen molar-refractivity contribution in [3.05, 3.63) is 29.3 Å². The van der Waals surface area contributed by atoms with E-state index >= 15 is 0 Å². The summed E-state index contributed by atoms with van der Waals surface area (Å²) in [6, 6.07) is 3.93. The third-order valence-corrected chi connectivity index (χ3v) is 3.75. The van der Waals surface area contributed by atoms with Crippen LogP contribution in [0.25, 0.3) is 0 Å². The van der Waals surface area contributed by atoms with E-state index in [9.17, 15) is 27.0 Å². The molecule has 0 fully saturated rings. The summed E-state index contributed by atoms with van der Waals surface area (Å²) >= 11 is 0. The van der Waals surface area contributed by atoms with Crippen LogP contribution >= 0.6 is 0 Å². The first-order chi connectivity index (χ1) is 9.60. The van der Waals surface area contributed by atoms with Crippen molar-refractivity contribution in [1.29, 1.82) is 0 Å². The van der Waals surface area contributed by atoms with Crippen LogP contribution in [0.4, 0.5) is 13.2 Å². The Balaban J connectivity index is 2.74. The highest BCUT2D eigenvalue weighted by atomic mass is 32.2. The maximum atomic E-state index is 11.9. The monoisotopic (exact) mass is 323 g/mol. The van der Waals surface area contributed by atoms with Crippen molar-refractivity contribution in [2.75, 3.05) is 12.3 Å². The van der Waals surface area contributed by atoms with Crippen LogP contribution < -0.4 is 5.32 Å². The summed E-state index contributed by atoms with van der Waals surface area (Å²) < 4.78 is 47.6. The third kappa shape index (κ3) is 5.54. The SMILES string of the molecule is Cc1ccc(S(=O)CC(=O)NCC(F)(F)F)cc1C(=O)O. The average Bonchev–Trinajstić information content (AvgIpc) is 2.35. The molecule has 1 aromatic rings. The number of alkyl halides is 3. The van der Waals surface area contributed by atoms with Gasteiger partial charge in [-0.2, -0.15) is 13.2 Å². The van der Waals surface area contributed by atoms with Crippen molar-refractivity contribution in [3.8, 4) is 0 Å². The fraction of sp³-hybridized carbons (Fsp3) is 0.333. The lowest BCUT2D eigenvalue weighted by Gasteiger charge is -2.09. The summed E-state index contributed by atoms with van der Waals surface area (Å²) in [5.74, 6) is -2.91. The normalized spacial score (nSPS) is 12.8. The first kappa shape index (κ1) is 17.2. The molecule has 5 nitrogen and oxygen atoms in total. The maximum Gasteiger partial charge on any atom is 0.405 e. The van der Waals surface area contributed by atoms with E-state index < -0.39 is 41.1 Å². The molecule has 0 aliphatic carbocycles. The number of rotatable bonds is 5. The molecule has 0 aromatic heterocycles. The Hall–Kier alpha value is -1.90. The predicted molar refractivity (Wildman–Crippen MR) is 68.5 cm³/mol. The van der Waals surface area contributed by atoms with Gasteiger partial charge in [-0.25, -0.2) is 4.79 Å². The minimum Gasteiger partial charge on any atom is -0.478 e. The topological polar surface area (TPSA) is 83.5 Å². The quantitative estimate of drug-likeness (QED) is 0.860. The molecule has 0 saturated heterocycles. The van der Waals surface area contributed by atoms with E-state index in [2.05, 4.69) is 0 Å². The van der Waals surface area contributed by atoms with E-state index in [1.165, 1.54) is 12.1 Å². The molecule has 116 valence electrons. The predicted octanol–water partition coefficient (Wildman–Crippen LogP) is 1.48. The standard InChI is InChI=1S/C12H12F3NO4S/c1-7-2-3-8(4-9(7)11(18)19)21(20)5-10(17)16-6-12(13,14)15/h2-4H,5-6H2,1H3,(H,16,17)(H,18,19). The fourth-order valence-electron chi connectivity index (χ4n) is 1.43. The summed E-state index contributed by atoms with van der Waals surface area (Å²) in [7, 11) is -1.92. The number of aryl methyl sites for hydroxylation is 1. The van der Waals surface area contributed by atoms with Gasteiger partial charge in [-0.1, -0.05) is 6.07 Å². The second-order valence-electron chi connectivity index (χ2n) is 4.16. The van der Waals surface area contributed by atoms with Crippen LogP contribution in [0.15, 0.2) is 23.1 Å². The van der Waals surface area contributed by atoms with Gasteiger partial charge in [0.1, 0.15) is 12.3 Å². The summed E-state index contributed by atoms with van der Waals surface area (Å²) in [6.45, 7) is 0.0451. The molecule has 2 N–H and O–H groups in total. The minimum absolute atomic E-state index is 0.0696. The Morgan fingerprint density at radius 3 is 2.48 bits per heavy atom. The summed E-state index contributed by atoms with van der Waals surface area (Å²) in [4.78, 5) is 22.2. The first-order valence-corrected chi connectivity index (χ1v) is 6.98. The van der Waals surface area contributed by atoms with Gasteiger partial charge in [0.15, 0.2) is 0 Å². The van der Waals surface area contributed by atoms with Gasteiger partial charge < -0.3 is 10.4 Å². The lowest BCUT2D eigenvalue weighted by atomic mass is 10.1. The number of halogens is 3. The largest absolute Gasteiger partial charge is 0.478 e. The van der Waals surface area contributed by atoms with Gasteiger partial charge in [0.2, 0.25) is 5.91 Å². The van der Waals surface area contributed by atoms with Gasteiger partial charge in [0.25, 0.3) is 0 Å². The molecule has 1 amide bonds. The van der Waals surface area contributed by atoms with Gasteiger partial charge in [-0.15, -0.1) is 0 Å². The van der Waals surface area contributed by atoms with Crippen LogP contribution in [0, 0.1) is 6.92 Å². The number of hydrogen-bond donors (Lipinski definition) is 2. The number of carboxylic acid groups (broad SMARTS) is 1. The second kappa shape index (κ2) is 6.70. The van der Waals surface area contributed by atoms with E-state index in [4.69, 9.17) is 5.11 Å². The van der Waals surface area contributed by atoms with Gasteiger partial charge in [-0.3, -0.25) is 9.00 Å². The van der Waals surface area contributed by atoms with Crippen molar-refractivity contribution in [1.82, 2.24) is 5.32 Å². The molecule has 0 aliphatic rings. The van der Waals surface area contributed by atoms with E-state index in [1.807, 2.05) is 0 Å². The van der Waals surface area contributed by atoms with Gasteiger partial charge in [-0.05, 0) is 24.6 Å². The minimum atomic E-state index is -4.54. The molecule has 1 aromatic carbocycles. The molecule has 0 spiro atoms. The number of nitrogens with one attached hydrogen (secondary N) is 1. The molecule has 0 saturated carbocycles. The molecule has 0 heterocycles. The van der Waals surface area contributed by atoms with Crippen molar-refractivity contribution in [3.63, 3.8) is 0 Å². The molecule has 1 rings (SSSR count). The number of carbonyl (C=O) groups excluding carboxylic acids is 1. The Labute approximate surface area is 120 Å². The Morgan fingerprint density at radius 2 is 1.95 bits per heavy atom. The van der Waals surface area contributed by atoms with E-state index in [0.29, 0.717) is 5.56 Å². The molecular weight excluding hydrogens is 311 g/mol. The summed E-state index contributed by atoms with van der Waals surface area (Å²) in [5.41, 5.74) is 0.376. The first-order valence-electron chi connectivity index (χ1n) is 5.66. The molecule has 9 heteroatoms. The Bertz CT molecular complexity index is 586. The van der Waals surface area contributed by atoms with Crippen molar-refractivity contribution >= 4 is 22.7 Å². The van der Waals surface area contributed by atoms with Gasteiger partial charge >= 0.3 is 12.1 Å². The smallest absolute Gasteiger partial charge is 0.405 e. The Kier molecular flexibility index (Phi) is 5.47. The van der Waals surface area contributed by atoms with Crippen LogP contribution in [0.1, 0.15) is 15.9 Å². The number of carbonyl (C=O) groups is 2. The maximum absolute atomic E-state index is 11.9. The highest BCUT2D eigenvalue weighted by molar-refractivity contribution is 7.85. The van der Waals surface area contributed by atoms with Crippen molar-refractivity contribution in [2.24, 2.45) is 0 Å². The zero-order chi connectivity index (χ0) is 16.2. The molecule has 0 bridgehead atoms. The zero-order valence-corrected chi connectivity index (χ0v) is 11.7. The fourth-order valence-corrected chi connectivity index (χ4v) is 2.40. The highest BCUT2D eigenvalue weighted by Crippen LogP contribution is 2.15. The lowest BCUT2D eigenvalue weighted by molar-refractivity contribution is -0.136. The number of hydrogen-bond acceptors (Lipinski definition) is 3. The molecule has 1 atom stereocenters. The van der Waals surface area contributed by atoms with Gasteiger partial charge in [0.05, 0.1) is 16.4 Å². The van der Waals surface area contributed by atoms with Crippen LogP contribution in [0.2, 0.25) is 0 Å². The number of aromatic carboxylic acids is 1. The number of carboxylic acids is 1. The average molecular weight is 323 g/mol. The number of benzene rings is 1. The molecular formula is C12H12F3NO4S. The second-order valence-corrected chi connectivity index (χ2v) is 5.61. The van der Waals surface area contributed by atoms with Crippen molar-refractivity contribution in [2.45, 2.75) is 18.0 Å². The van der Waals surface area contributed by atoms with E-state index in [0.717, 1.165) is 6.07 Å².